The highest BCUT2D eigenvalue weighted by Gasteiger charge is 2.19. The maximum Gasteiger partial charge on any atom is 0.0178 e. The summed E-state index contributed by atoms with van der Waals surface area (Å²) in [6.07, 6.45) is 6.29. The van der Waals surface area contributed by atoms with Gasteiger partial charge in [-0.25, -0.2) is 0 Å². The Morgan fingerprint density at radius 1 is 1.21 bits per heavy atom. The van der Waals surface area contributed by atoms with Crippen LogP contribution in [0.25, 0.3) is 0 Å². The average Bonchev–Trinajstić information content (AvgIpc) is 2.36. The predicted molar refractivity (Wildman–Crippen MR) is 86.6 cm³/mol. The zero-order valence-corrected chi connectivity index (χ0v) is 14.0. The molecule has 2 atom stereocenters. The van der Waals surface area contributed by atoms with Crippen LogP contribution in [0.5, 0.6) is 0 Å². The van der Waals surface area contributed by atoms with E-state index in [1.807, 2.05) is 0 Å². The van der Waals surface area contributed by atoms with Crippen molar-refractivity contribution in [1.29, 1.82) is 0 Å². The van der Waals surface area contributed by atoms with Crippen molar-refractivity contribution in [2.24, 2.45) is 5.92 Å². The Labute approximate surface area is 126 Å². The van der Waals surface area contributed by atoms with Crippen LogP contribution in [0.15, 0.2) is 22.7 Å². The fourth-order valence-corrected chi connectivity index (χ4v) is 3.34. The van der Waals surface area contributed by atoms with Crippen LogP contribution in [0.3, 0.4) is 0 Å². The van der Waals surface area contributed by atoms with E-state index in [4.69, 9.17) is 0 Å². The molecule has 0 radical (unpaired) electrons. The van der Waals surface area contributed by atoms with Crippen molar-refractivity contribution < 1.29 is 0 Å². The Hall–Kier alpha value is -0.340. The number of nitrogens with one attached hydrogen (secondary N) is 1. The molecule has 0 aromatic heterocycles. The third kappa shape index (κ3) is 4.61. The van der Waals surface area contributed by atoms with Crippen LogP contribution >= 0.6 is 15.9 Å². The average molecular weight is 324 g/mol. The Bertz CT molecular complexity index is 414. The molecule has 0 spiro atoms. The van der Waals surface area contributed by atoms with Crippen molar-refractivity contribution in [1.82, 2.24) is 5.32 Å². The minimum Gasteiger partial charge on any atom is -0.311 e. The van der Waals surface area contributed by atoms with Crippen molar-refractivity contribution in [3.8, 4) is 0 Å². The molecule has 0 aliphatic heterocycles. The highest BCUT2D eigenvalue weighted by molar-refractivity contribution is 9.10. The molecule has 0 amide bonds. The molecule has 2 unspecified atom stereocenters. The SMILES string of the molecule is CC(C)CCC(C)NC1CCc2cc(Br)ccc2C1. The number of fused-ring (bicyclic) bond motifs is 1. The van der Waals surface area contributed by atoms with E-state index in [0.717, 1.165) is 5.92 Å². The van der Waals surface area contributed by atoms with Gasteiger partial charge in [0.25, 0.3) is 0 Å². The van der Waals surface area contributed by atoms with Crippen LogP contribution in [-0.4, -0.2) is 12.1 Å². The molecule has 0 fully saturated rings. The first-order chi connectivity index (χ1) is 9.04. The molecule has 106 valence electrons. The number of rotatable bonds is 5. The molecule has 19 heavy (non-hydrogen) atoms. The Morgan fingerprint density at radius 2 is 2.00 bits per heavy atom. The largest absolute Gasteiger partial charge is 0.311 e. The zero-order valence-electron chi connectivity index (χ0n) is 12.4. The van der Waals surface area contributed by atoms with Gasteiger partial charge in [0, 0.05) is 16.6 Å². The van der Waals surface area contributed by atoms with E-state index in [1.54, 1.807) is 0 Å². The van der Waals surface area contributed by atoms with Crippen LogP contribution in [-0.2, 0) is 12.8 Å². The Balaban J connectivity index is 1.86. The van der Waals surface area contributed by atoms with Crippen LogP contribution in [0, 0.1) is 5.92 Å². The summed E-state index contributed by atoms with van der Waals surface area (Å²) in [7, 11) is 0. The third-order valence-corrected chi connectivity index (χ3v) is 4.59. The number of aryl methyl sites for hydroxylation is 1. The van der Waals surface area contributed by atoms with Crippen molar-refractivity contribution in [2.45, 2.75) is 65.0 Å². The molecule has 0 saturated carbocycles. The van der Waals surface area contributed by atoms with E-state index in [1.165, 1.54) is 47.7 Å². The summed E-state index contributed by atoms with van der Waals surface area (Å²) in [4.78, 5) is 0. The fourth-order valence-electron chi connectivity index (χ4n) is 2.93. The molecule has 1 aromatic carbocycles. The van der Waals surface area contributed by atoms with Crippen LogP contribution in [0.2, 0.25) is 0 Å². The second-order valence-electron chi connectivity index (χ2n) is 6.39. The van der Waals surface area contributed by atoms with Crippen molar-refractivity contribution in [2.75, 3.05) is 0 Å². The normalized spacial score (nSPS) is 20.4. The topological polar surface area (TPSA) is 12.0 Å². The maximum absolute atomic E-state index is 3.82. The van der Waals surface area contributed by atoms with Gasteiger partial charge in [-0.3, -0.25) is 0 Å². The summed E-state index contributed by atoms with van der Waals surface area (Å²) in [5, 5.41) is 3.82. The minimum absolute atomic E-state index is 0.643. The van der Waals surface area contributed by atoms with Crippen LogP contribution in [0.4, 0.5) is 0 Å². The van der Waals surface area contributed by atoms with Gasteiger partial charge in [-0.15, -0.1) is 0 Å². The monoisotopic (exact) mass is 323 g/mol. The fraction of sp³-hybridized carbons (Fsp3) is 0.647. The van der Waals surface area contributed by atoms with E-state index in [-0.39, 0.29) is 0 Å². The van der Waals surface area contributed by atoms with E-state index in [0.29, 0.717) is 12.1 Å². The lowest BCUT2D eigenvalue weighted by Gasteiger charge is -2.29. The van der Waals surface area contributed by atoms with Crippen molar-refractivity contribution in [3.05, 3.63) is 33.8 Å². The smallest absolute Gasteiger partial charge is 0.0178 e. The third-order valence-electron chi connectivity index (χ3n) is 4.09. The molecule has 1 aliphatic rings. The van der Waals surface area contributed by atoms with Gasteiger partial charge in [0.2, 0.25) is 0 Å². The molecule has 1 nitrogen and oxygen atoms in total. The first-order valence-electron chi connectivity index (χ1n) is 7.58. The van der Waals surface area contributed by atoms with Gasteiger partial charge in [-0.1, -0.05) is 35.8 Å². The molecular formula is C17H26BrN. The second-order valence-corrected chi connectivity index (χ2v) is 7.31. The van der Waals surface area contributed by atoms with Crippen LogP contribution < -0.4 is 5.32 Å². The summed E-state index contributed by atoms with van der Waals surface area (Å²) in [5.74, 6) is 0.814. The Morgan fingerprint density at radius 3 is 2.74 bits per heavy atom. The van der Waals surface area contributed by atoms with Crippen molar-refractivity contribution >= 4 is 15.9 Å². The van der Waals surface area contributed by atoms with Crippen molar-refractivity contribution in [3.63, 3.8) is 0 Å². The molecule has 1 aromatic rings. The lowest BCUT2D eigenvalue weighted by molar-refractivity contribution is 0.374. The van der Waals surface area contributed by atoms with Gasteiger partial charge in [0.15, 0.2) is 0 Å². The maximum atomic E-state index is 3.82. The molecule has 1 N–H and O–H groups in total. The lowest BCUT2D eigenvalue weighted by Crippen LogP contribution is -2.40. The van der Waals surface area contributed by atoms with Gasteiger partial charge in [0.1, 0.15) is 0 Å². The zero-order chi connectivity index (χ0) is 13.8. The first kappa shape index (κ1) is 15.1. The number of hydrogen-bond donors (Lipinski definition) is 1. The van der Waals surface area contributed by atoms with Gasteiger partial charge in [-0.2, -0.15) is 0 Å². The number of halogens is 1. The van der Waals surface area contributed by atoms with E-state index in [9.17, 15) is 0 Å². The highest BCUT2D eigenvalue weighted by atomic mass is 79.9. The lowest BCUT2D eigenvalue weighted by atomic mass is 9.88. The predicted octanol–water partition coefficient (Wildman–Crippen LogP) is 4.72. The van der Waals surface area contributed by atoms with E-state index >= 15 is 0 Å². The number of benzene rings is 1. The minimum atomic E-state index is 0.643. The molecule has 1 aliphatic carbocycles. The molecule has 0 heterocycles. The molecule has 2 rings (SSSR count). The van der Waals surface area contributed by atoms with Gasteiger partial charge < -0.3 is 5.32 Å². The highest BCUT2D eigenvalue weighted by Crippen LogP contribution is 2.25. The number of hydrogen-bond acceptors (Lipinski definition) is 1. The molecule has 2 heteroatoms. The summed E-state index contributed by atoms with van der Waals surface area (Å²) >= 11 is 3.56. The first-order valence-corrected chi connectivity index (χ1v) is 8.37. The molecule has 0 saturated heterocycles. The van der Waals surface area contributed by atoms with E-state index < -0.39 is 0 Å². The van der Waals surface area contributed by atoms with Gasteiger partial charge >= 0.3 is 0 Å². The van der Waals surface area contributed by atoms with E-state index in [2.05, 4.69) is 60.2 Å². The quantitative estimate of drug-likeness (QED) is 0.826. The summed E-state index contributed by atoms with van der Waals surface area (Å²) in [6, 6.07) is 8.05. The molecular weight excluding hydrogens is 298 g/mol. The second kappa shape index (κ2) is 6.90. The molecule has 0 bridgehead atoms. The summed E-state index contributed by atoms with van der Waals surface area (Å²) in [5.41, 5.74) is 3.06. The van der Waals surface area contributed by atoms with Crippen LogP contribution in [0.1, 0.15) is 51.2 Å². The van der Waals surface area contributed by atoms with Gasteiger partial charge in [0.05, 0.1) is 0 Å². The summed E-state index contributed by atoms with van der Waals surface area (Å²) < 4.78 is 1.21. The Kier molecular flexibility index (Phi) is 5.47. The summed E-state index contributed by atoms with van der Waals surface area (Å²) in [6.45, 7) is 6.95. The van der Waals surface area contributed by atoms with Gasteiger partial charge in [-0.05, 0) is 68.2 Å². The standard InChI is InChI=1S/C17H26BrN/c1-12(2)4-5-13(3)19-17-9-7-14-10-16(18)8-6-15(14)11-17/h6,8,10,12-13,17,19H,4-5,7,9,11H2,1-3H3.